The first-order valence-electron chi connectivity index (χ1n) is 6.28. The molecule has 0 unspecified atom stereocenters. The van der Waals surface area contributed by atoms with E-state index in [-0.39, 0.29) is 16.9 Å². The van der Waals surface area contributed by atoms with Crippen LogP contribution in [0.4, 0.5) is 15.8 Å². The zero-order valence-corrected chi connectivity index (χ0v) is 11.6. The number of hydrogen-bond acceptors (Lipinski definition) is 3. The zero-order valence-electron chi connectivity index (χ0n) is 11.6. The Morgan fingerprint density at radius 3 is 2.55 bits per heavy atom. The van der Waals surface area contributed by atoms with Crippen LogP contribution in [0.1, 0.15) is 29.8 Å². The second-order valence-corrected chi connectivity index (χ2v) is 3.83. The number of halogens is 1. The van der Waals surface area contributed by atoms with E-state index in [1.807, 2.05) is 13.8 Å². The van der Waals surface area contributed by atoms with Crippen LogP contribution in [0.2, 0.25) is 0 Å². The van der Waals surface area contributed by atoms with Gasteiger partial charge in [-0.1, -0.05) is 19.9 Å². The van der Waals surface area contributed by atoms with Crippen LogP contribution in [-0.2, 0) is 0 Å². The average molecular weight is 276 g/mol. The van der Waals surface area contributed by atoms with E-state index in [0.29, 0.717) is 0 Å². The summed E-state index contributed by atoms with van der Waals surface area (Å²) in [4.78, 5) is 14.8. The highest BCUT2D eigenvalue weighted by Gasteiger charge is 2.11. The molecule has 4 nitrogen and oxygen atoms in total. The normalized spacial score (nSPS) is 9.40. The number of aromatic carboxylic acids is 1. The first kappa shape index (κ1) is 15.6. The first-order chi connectivity index (χ1) is 9.58. The van der Waals surface area contributed by atoms with Crippen LogP contribution in [0.5, 0.6) is 0 Å². The van der Waals surface area contributed by atoms with Gasteiger partial charge in [0, 0.05) is 6.20 Å². The van der Waals surface area contributed by atoms with Crippen LogP contribution in [0.25, 0.3) is 0 Å². The monoisotopic (exact) mass is 276 g/mol. The molecule has 2 N–H and O–H groups in total. The van der Waals surface area contributed by atoms with Crippen LogP contribution in [0, 0.1) is 12.7 Å². The standard InChI is InChI=1S/C13H11FN2O2.C2H6/c1-8-2-3-11(10(14)6-8)16-12-7-15-5-4-9(12)13(17)18;1-2/h2-7,16H,1H3,(H,17,18);1-2H3. The minimum atomic E-state index is -1.09. The molecule has 0 radical (unpaired) electrons. The molecule has 20 heavy (non-hydrogen) atoms. The molecule has 5 heteroatoms. The van der Waals surface area contributed by atoms with E-state index in [9.17, 15) is 9.18 Å². The molecule has 0 spiro atoms. The number of aromatic nitrogens is 1. The number of nitrogens with one attached hydrogen (secondary N) is 1. The van der Waals surface area contributed by atoms with Gasteiger partial charge in [-0.2, -0.15) is 0 Å². The number of carboxylic acid groups (broad SMARTS) is 1. The molecule has 0 aliphatic carbocycles. The molecule has 0 aliphatic heterocycles. The van der Waals surface area contributed by atoms with Crippen molar-refractivity contribution >= 4 is 17.3 Å². The summed E-state index contributed by atoms with van der Waals surface area (Å²) in [7, 11) is 0. The van der Waals surface area contributed by atoms with Gasteiger partial charge >= 0.3 is 5.97 Å². The number of aryl methyl sites for hydroxylation is 1. The number of pyridine rings is 1. The SMILES string of the molecule is CC.Cc1ccc(Nc2cnccc2C(=O)O)c(F)c1. The van der Waals surface area contributed by atoms with E-state index in [1.54, 1.807) is 19.1 Å². The predicted molar refractivity (Wildman–Crippen MR) is 77.0 cm³/mol. The second-order valence-electron chi connectivity index (χ2n) is 3.83. The third kappa shape index (κ3) is 3.78. The van der Waals surface area contributed by atoms with Gasteiger partial charge in [-0.05, 0) is 30.7 Å². The zero-order chi connectivity index (χ0) is 15.1. The molecular formula is C15H17FN2O2. The predicted octanol–water partition coefficient (Wildman–Crippen LogP) is 4.00. The maximum atomic E-state index is 13.6. The second kappa shape index (κ2) is 7.23. The largest absolute Gasteiger partial charge is 0.478 e. The number of anilines is 2. The topological polar surface area (TPSA) is 62.2 Å². The van der Waals surface area contributed by atoms with Gasteiger partial charge < -0.3 is 10.4 Å². The number of benzene rings is 1. The number of carboxylic acids is 1. The minimum Gasteiger partial charge on any atom is -0.478 e. The molecule has 2 rings (SSSR count). The lowest BCUT2D eigenvalue weighted by atomic mass is 10.2. The van der Waals surface area contributed by atoms with Crippen LogP contribution in [0.15, 0.2) is 36.7 Å². The molecule has 0 saturated carbocycles. The maximum Gasteiger partial charge on any atom is 0.337 e. The number of rotatable bonds is 3. The van der Waals surface area contributed by atoms with Crippen molar-refractivity contribution in [3.8, 4) is 0 Å². The van der Waals surface area contributed by atoms with E-state index in [0.717, 1.165) is 5.56 Å². The van der Waals surface area contributed by atoms with Gasteiger partial charge in [0.05, 0.1) is 23.1 Å². The maximum absolute atomic E-state index is 13.6. The molecule has 2 aromatic rings. The summed E-state index contributed by atoms with van der Waals surface area (Å²) in [5.41, 5.74) is 1.32. The van der Waals surface area contributed by atoms with Crippen molar-refractivity contribution in [2.75, 3.05) is 5.32 Å². The third-order valence-electron chi connectivity index (χ3n) is 2.45. The molecule has 0 aliphatic rings. The fraction of sp³-hybridized carbons (Fsp3) is 0.200. The fourth-order valence-electron chi connectivity index (χ4n) is 1.55. The minimum absolute atomic E-state index is 0.0463. The first-order valence-corrected chi connectivity index (χ1v) is 6.28. The molecule has 1 heterocycles. The van der Waals surface area contributed by atoms with Gasteiger partial charge in [0.1, 0.15) is 5.82 Å². The average Bonchev–Trinajstić information content (AvgIpc) is 2.44. The Morgan fingerprint density at radius 1 is 1.25 bits per heavy atom. The van der Waals surface area contributed by atoms with Crippen LogP contribution < -0.4 is 5.32 Å². The summed E-state index contributed by atoms with van der Waals surface area (Å²) in [5.74, 6) is -1.53. The van der Waals surface area contributed by atoms with Crippen molar-refractivity contribution in [1.82, 2.24) is 4.98 Å². The smallest absolute Gasteiger partial charge is 0.337 e. The summed E-state index contributed by atoms with van der Waals surface area (Å²) in [6, 6.07) is 6.03. The number of hydrogen-bond donors (Lipinski definition) is 2. The summed E-state index contributed by atoms with van der Waals surface area (Å²) in [6.45, 7) is 5.78. The van der Waals surface area contributed by atoms with Gasteiger partial charge in [0.25, 0.3) is 0 Å². The van der Waals surface area contributed by atoms with Gasteiger partial charge in [-0.25, -0.2) is 9.18 Å². The highest BCUT2D eigenvalue weighted by atomic mass is 19.1. The molecule has 0 bridgehead atoms. The molecule has 1 aromatic heterocycles. The summed E-state index contributed by atoms with van der Waals surface area (Å²) in [5, 5.41) is 11.7. The molecule has 1 aromatic carbocycles. The summed E-state index contributed by atoms with van der Waals surface area (Å²) >= 11 is 0. The van der Waals surface area contributed by atoms with E-state index >= 15 is 0 Å². The van der Waals surface area contributed by atoms with Gasteiger partial charge in [-0.3, -0.25) is 4.98 Å². The van der Waals surface area contributed by atoms with Crippen molar-refractivity contribution in [2.45, 2.75) is 20.8 Å². The molecule has 0 fully saturated rings. The highest BCUT2D eigenvalue weighted by Crippen LogP contribution is 2.23. The Labute approximate surface area is 117 Å². The Bertz CT molecular complexity index is 600. The van der Waals surface area contributed by atoms with E-state index in [1.165, 1.54) is 24.5 Å². The summed E-state index contributed by atoms with van der Waals surface area (Å²) in [6.07, 6.45) is 2.73. The summed E-state index contributed by atoms with van der Waals surface area (Å²) < 4.78 is 13.6. The Kier molecular flexibility index (Phi) is 5.65. The van der Waals surface area contributed by atoms with Gasteiger partial charge in [0.15, 0.2) is 0 Å². The molecule has 106 valence electrons. The van der Waals surface area contributed by atoms with Gasteiger partial charge in [-0.15, -0.1) is 0 Å². The molecular weight excluding hydrogens is 259 g/mol. The van der Waals surface area contributed by atoms with E-state index in [4.69, 9.17) is 5.11 Å². The Hall–Kier alpha value is -2.43. The molecule has 0 saturated heterocycles. The molecule has 0 amide bonds. The van der Waals surface area contributed by atoms with Crippen LogP contribution in [-0.4, -0.2) is 16.1 Å². The fourth-order valence-corrected chi connectivity index (χ4v) is 1.55. The van der Waals surface area contributed by atoms with Crippen molar-refractivity contribution in [2.24, 2.45) is 0 Å². The van der Waals surface area contributed by atoms with Crippen molar-refractivity contribution in [3.63, 3.8) is 0 Å². The van der Waals surface area contributed by atoms with Gasteiger partial charge in [0.2, 0.25) is 0 Å². The quantitative estimate of drug-likeness (QED) is 0.889. The lowest BCUT2D eigenvalue weighted by Gasteiger charge is -2.10. The number of nitrogens with zero attached hydrogens (tertiary/aromatic N) is 1. The lowest BCUT2D eigenvalue weighted by molar-refractivity contribution is 0.0698. The van der Waals surface area contributed by atoms with Crippen molar-refractivity contribution in [3.05, 3.63) is 53.6 Å². The molecule has 0 atom stereocenters. The van der Waals surface area contributed by atoms with Crippen LogP contribution in [0.3, 0.4) is 0 Å². The number of carbonyl (C=O) groups is 1. The Balaban J connectivity index is 0.000000956. The van der Waals surface area contributed by atoms with Crippen molar-refractivity contribution in [1.29, 1.82) is 0 Å². The third-order valence-corrected chi connectivity index (χ3v) is 2.45. The lowest BCUT2D eigenvalue weighted by Crippen LogP contribution is -2.04. The van der Waals surface area contributed by atoms with E-state index < -0.39 is 11.8 Å². The highest BCUT2D eigenvalue weighted by molar-refractivity contribution is 5.94. The Morgan fingerprint density at radius 2 is 1.95 bits per heavy atom. The van der Waals surface area contributed by atoms with E-state index in [2.05, 4.69) is 10.3 Å². The van der Waals surface area contributed by atoms with Crippen LogP contribution >= 0.6 is 0 Å². The van der Waals surface area contributed by atoms with Crippen molar-refractivity contribution < 1.29 is 14.3 Å².